The van der Waals surface area contributed by atoms with Crippen molar-refractivity contribution in [2.45, 2.75) is 12.5 Å². The zero-order chi connectivity index (χ0) is 9.42. The normalized spacial score (nSPS) is 21.2. The van der Waals surface area contributed by atoms with Crippen LogP contribution >= 0.6 is 15.9 Å². The summed E-state index contributed by atoms with van der Waals surface area (Å²) >= 11 is 3.18. The summed E-state index contributed by atoms with van der Waals surface area (Å²) in [5, 5.41) is 11.9. The van der Waals surface area contributed by atoms with Gasteiger partial charge in [-0.05, 0) is 22.0 Å². The molecule has 1 atom stereocenters. The largest absolute Gasteiger partial charge is 0.481 e. The fraction of sp³-hybridized carbons (Fsp3) is 0.375. The minimum atomic E-state index is -0.818. The van der Waals surface area contributed by atoms with E-state index in [1.165, 1.54) is 0 Å². The molecule has 0 bridgehead atoms. The van der Waals surface area contributed by atoms with Gasteiger partial charge in [0.25, 0.3) is 0 Å². The lowest BCUT2D eigenvalue weighted by molar-refractivity contribution is -0.138. The topological polar surface area (TPSA) is 62.5 Å². The molecule has 0 aliphatic carbocycles. The third-order valence-corrected chi connectivity index (χ3v) is 2.51. The summed E-state index contributed by atoms with van der Waals surface area (Å²) in [6.45, 7) is 1.07. The highest BCUT2D eigenvalue weighted by Gasteiger charge is 2.28. The molecule has 0 fully saturated rings. The van der Waals surface area contributed by atoms with Crippen LogP contribution in [0.2, 0.25) is 0 Å². The van der Waals surface area contributed by atoms with Crippen molar-refractivity contribution in [2.75, 3.05) is 6.54 Å². The van der Waals surface area contributed by atoms with Gasteiger partial charge in [0.2, 0.25) is 0 Å². The first-order valence-corrected chi connectivity index (χ1v) is 4.69. The Balaban J connectivity index is 2.41. The van der Waals surface area contributed by atoms with Gasteiger partial charge >= 0.3 is 5.97 Å². The van der Waals surface area contributed by atoms with E-state index in [9.17, 15) is 4.79 Å². The van der Waals surface area contributed by atoms with Crippen molar-refractivity contribution < 1.29 is 14.3 Å². The summed E-state index contributed by atoms with van der Waals surface area (Å²) in [6.07, 6.45) is 0. The molecule has 5 heteroatoms. The smallest absolute Gasteiger partial charge is 0.312 e. The third kappa shape index (κ3) is 1.49. The molecule has 2 rings (SSSR count). The van der Waals surface area contributed by atoms with Crippen molar-refractivity contribution in [3.8, 4) is 0 Å². The van der Waals surface area contributed by atoms with Crippen molar-refractivity contribution in [1.82, 2.24) is 5.32 Å². The number of halogens is 1. The molecule has 2 N–H and O–H groups in total. The van der Waals surface area contributed by atoms with E-state index < -0.39 is 11.9 Å². The van der Waals surface area contributed by atoms with Gasteiger partial charge < -0.3 is 14.8 Å². The molecular weight excluding hydrogens is 238 g/mol. The van der Waals surface area contributed by atoms with Gasteiger partial charge in [0, 0.05) is 12.1 Å². The number of rotatable bonds is 1. The highest BCUT2D eigenvalue weighted by molar-refractivity contribution is 9.10. The number of carbonyl (C=O) groups is 1. The van der Waals surface area contributed by atoms with Gasteiger partial charge in [-0.15, -0.1) is 0 Å². The minimum Gasteiger partial charge on any atom is -0.481 e. The Kier molecular flexibility index (Phi) is 2.13. The maximum Gasteiger partial charge on any atom is 0.312 e. The van der Waals surface area contributed by atoms with Gasteiger partial charge in [-0.3, -0.25) is 4.79 Å². The lowest BCUT2D eigenvalue weighted by Gasteiger charge is -2.18. The molecule has 13 heavy (non-hydrogen) atoms. The molecular formula is C8H8BrNO3. The number of hydrogen-bond acceptors (Lipinski definition) is 3. The van der Waals surface area contributed by atoms with Gasteiger partial charge in [0.05, 0.1) is 12.5 Å². The maximum atomic E-state index is 10.8. The average molecular weight is 246 g/mol. The Morgan fingerprint density at radius 2 is 2.54 bits per heavy atom. The Labute approximate surface area is 83.1 Å². The van der Waals surface area contributed by atoms with E-state index in [0.717, 1.165) is 5.56 Å². The fourth-order valence-electron chi connectivity index (χ4n) is 1.50. The number of furan rings is 1. The van der Waals surface area contributed by atoms with Crippen LogP contribution in [0.1, 0.15) is 17.2 Å². The second kappa shape index (κ2) is 3.16. The van der Waals surface area contributed by atoms with Crippen LogP contribution in [-0.4, -0.2) is 17.6 Å². The average Bonchev–Trinajstić information content (AvgIpc) is 2.43. The number of carboxylic acid groups (broad SMARTS) is 1. The molecule has 4 nitrogen and oxygen atoms in total. The fourth-order valence-corrected chi connectivity index (χ4v) is 1.94. The van der Waals surface area contributed by atoms with Crippen LogP contribution in [0.25, 0.3) is 0 Å². The van der Waals surface area contributed by atoms with Gasteiger partial charge in [-0.2, -0.15) is 0 Å². The van der Waals surface area contributed by atoms with Gasteiger partial charge in [-0.25, -0.2) is 0 Å². The standard InChI is InChI=1S/C8H8BrNO3/c9-7-1-4-5(8(11)12)2-10-3-6(4)13-7/h1,5,10H,2-3H2,(H,11,12). The summed E-state index contributed by atoms with van der Waals surface area (Å²) < 4.78 is 5.87. The molecule has 1 aliphatic rings. The molecule has 1 aromatic rings. The summed E-state index contributed by atoms with van der Waals surface area (Å²) in [5.74, 6) is -0.592. The van der Waals surface area contributed by atoms with E-state index in [-0.39, 0.29) is 0 Å². The molecule has 70 valence electrons. The number of aliphatic carboxylic acids is 1. The first-order valence-electron chi connectivity index (χ1n) is 3.90. The Morgan fingerprint density at radius 1 is 1.77 bits per heavy atom. The van der Waals surface area contributed by atoms with E-state index >= 15 is 0 Å². The summed E-state index contributed by atoms with van der Waals surface area (Å²) in [7, 11) is 0. The summed E-state index contributed by atoms with van der Waals surface area (Å²) in [4.78, 5) is 10.8. The second-order valence-electron chi connectivity index (χ2n) is 2.95. The van der Waals surface area contributed by atoms with E-state index in [4.69, 9.17) is 9.52 Å². The Bertz CT molecular complexity index is 347. The molecule has 0 saturated heterocycles. The van der Waals surface area contributed by atoms with Crippen LogP contribution < -0.4 is 5.32 Å². The van der Waals surface area contributed by atoms with Crippen LogP contribution in [0.3, 0.4) is 0 Å². The molecule has 2 heterocycles. The van der Waals surface area contributed by atoms with Gasteiger partial charge in [0.1, 0.15) is 5.76 Å². The second-order valence-corrected chi connectivity index (χ2v) is 3.73. The molecule has 1 unspecified atom stereocenters. The molecule has 1 aromatic heterocycles. The Morgan fingerprint density at radius 3 is 3.23 bits per heavy atom. The summed E-state index contributed by atoms with van der Waals surface area (Å²) in [6, 6.07) is 1.73. The van der Waals surface area contributed by atoms with E-state index in [2.05, 4.69) is 21.2 Å². The van der Waals surface area contributed by atoms with Crippen LogP contribution in [0.4, 0.5) is 0 Å². The zero-order valence-corrected chi connectivity index (χ0v) is 8.30. The monoisotopic (exact) mass is 245 g/mol. The molecule has 0 radical (unpaired) electrons. The van der Waals surface area contributed by atoms with E-state index in [1.807, 2.05) is 0 Å². The lowest BCUT2D eigenvalue weighted by Crippen LogP contribution is -2.31. The van der Waals surface area contributed by atoms with Crippen LogP contribution in [0.5, 0.6) is 0 Å². The number of fused-ring (bicyclic) bond motifs is 1. The van der Waals surface area contributed by atoms with E-state index in [0.29, 0.717) is 23.5 Å². The van der Waals surface area contributed by atoms with Crippen molar-refractivity contribution in [1.29, 1.82) is 0 Å². The van der Waals surface area contributed by atoms with Gasteiger partial charge in [0.15, 0.2) is 4.67 Å². The number of hydrogen-bond donors (Lipinski definition) is 2. The van der Waals surface area contributed by atoms with E-state index in [1.54, 1.807) is 6.07 Å². The van der Waals surface area contributed by atoms with Crippen molar-refractivity contribution in [3.05, 3.63) is 22.1 Å². The minimum absolute atomic E-state index is 0.467. The zero-order valence-electron chi connectivity index (χ0n) is 6.71. The Hall–Kier alpha value is -0.810. The number of carboxylic acids is 1. The molecule has 0 spiro atoms. The molecule has 0 amide bonds. The predicted octanol–water partition coefficient (Wildman–Crippen LogP) is 1.31. The first-order chi connectivity index (χ1) is 6.18. The van der Waals surface area contributed by atoms with Crippen molar-refractivity contribution in [2.24, 2.45) is 0 Å². The first kappa shape index (κ1) is 8.77. The van der Waals surface area contributed by atoms with Crippen LogP contribution in [0, 0.1) is 0 Å². The predicted molar refractivity (Wildman–Crippen MR) is 48.5 cm³/mol. The molecule has 0 aromatic carbocycles. The summed E-state index contributed by atoms with van der Waals surface area (Å²) in [5.41, 5.74) is 0.776. The van der Waals surface area contributed by atoms with Crippen molar-refractivity contribution in [3.63, 3.8) is 0 Å². The highest BCUT2D eigenvalue weighted by Crippen LogP contribution is 2.29. The highest BCUT2D eigenvalue weighted by atomic mass is 79.9. The lowest BCUT2D eigenvalue weighted by atomic mass is 9.97. The number of nitrogens with one attached hydrogen (secondary N) is 1. The SMILES string of the molecule is O=C(O)C1CNCc2oc(Br)cc21. The van der Waals surface area contributed by atoms with Crippen LogP contribution in [-0.2, 0) is 11.3 Å². The quantitative estimate of drug-likeness (QED) is 0.784. The van der Waals surface area contributed by atoms with Crippen LogP contribution in [0.15, 0.2) is 15.2 Å². The van der Waals surface area contributed by atoms with Gasteiger partial charge in [-0.1, -0.05) is 0 Å². The third-order valence-electron chi connectivity index (χ3n) is 2.12. The molecule has 1 aliphatic heterocycles. The maximum absolute atomic E-state index is 10.8. The van der Waals surface area contributed by atoms with Crippen molar-refractivity contribution >= 4 is 21.9 Å². The molecule has 0 saturated carbocycles.